The van der Waals surface area contributed by atoms with E-state index in [-0.39, 0.29) is 24.1 Å². The molecular formula is C27H35N3O5S. The molecule has 2 atom stereocenters. The highest BCUT2D eigenvalue weighted by molar-refractivity contribution is 7.99. The number of carbonyl (C=O) groups excluding carboxylic acids is 3. The van der Waals surface area contributed by atoms with Gasteiger partial charge in [0.2, 0.25) is 5.91 Å². The number of nitrogens with zero attached hydrogens (tertiary/aromatic N) is 1. The normalized spacial score (nSPS) is 12.4. The Hall–Kier alpha value is -3.25. The number of carbonyl (C=O) groups is 3. The summed E-state index contributed by atoms with van der Waals surface area (Å²) in [4.78, 5) is 38.5. The average molecular weight is 514 g/mol. The van der Waals surface area contributed by atoms with Crippen molar-refractivity contribution in [2.75, 3.05) is 5.75 Å². The number of ether oxygens (including phenoxy) is 1. The number of ketones is 1. The molecule has 0 radical (unpaired) electrons. The molecule has 2 aromatic rings. The van der Waals surface area contributed by atoms with Gasteiger partial charge in [-0.1, -0.05) is 51.8 Å². The molecular weight excluding hydrogens is 478 g/mol. The van der Waals surface area contributed by atoms with Crippen LogP contribution in [0.4, 0.5) is 4.79 Å². The van der Waals surface area contributed by atoms with E-state index in [1.54, 1.807) is 36.6 Å². The van der Waals surface area contributed by atoms with Gasteiger partial charge in [0, 0.05) is 5.56 Å². The van der Waals surface area contributed by atoms with E-state index >= 15 is 0 Å². The molecule has 0 unspecified atom stereocenters. The monoisotopic (exact) mass is 513 g/mol. The quantitative estimate of drug-likeness (QED) is 0.345. The molecule has 0 saturated heterocycles. The van der Waals surface area contributed by atoms with Crippen LogP contribution in [-0.4, -0.2) is 35.6 Å². The lowest BCUT2D eigenvalue weighted by molar-refractivity contribution is -0.128. The number of thioether (sulfide) groups is 1. The Morgan fingerprint density at radius 1 is 1.11 bits per heavy atom. The molecule has 0 saturated carbocycles. The molecule has 0 spiro atoms. The Kier molecular flexibility index (Phi) is 12.6. The van der Waals surface area contributed by atoms with Gasteiger partial charge in [0.05, 0.1) is 35.4 Å². The minimum atomic E-state index is -0.851. The van der Waals surface area contributed by atoms with E-state index < -0.39 is 24.1 Å². The zero-order chi connectivity index (χ0) is 26.3. The van der Waals surface area contributed by atoms with Crippen molar-refractivity contribution >= 4 is 29.5 Å². The van der Waals surface area contributed by atoms with Crippen molar-refractivity contribution in [3.05, 3.63) is 59.5 Å². The van der Waals surface area contributed by atoms with E-state index in [9.17, 15) is 19.6 Å². The molecule has 36 heavy (non-hydrogen) atoms. The van der Waals surface area contributed by atoms with Gasteiger partial charge in [-0.25, -0.2) is 4.79 Å². The fourth-order valence-electron chi connectivity index (χ4n) is 3.53. The number of amides is 2. The fourth-order valence-corrected chi connectivity index (χ4v) is 4.40. The molecule has 0 bridgehead atoms. The van der Waals surface area contributed by atoms with Crippen LogP contribution in [0.15, 0.2) is 47.1 Å². The minimum Gasteiger partial charge on any atom is -0.468 e. The van der Waals surface area contributed by atoms with E-state index in [0.717, 1.165) is 18.6 Å². The Balaban J connectivity index is 1.97. The number of nitrogens with one attached hydrogen (secondary N) is 2. The van der Waals surface area contributed by atoms with Gasteiger partial charge in [0.1, 0.15) is 18.4 Å². The molecule has 2 N–H and O–H groups in total. The summed E-state index contributed by atoms with van der Waals surface area (Å²) < 4.78 is 10.6. The molecule has 9 heteroatoms. The molecule has 0 aliphatic carbocycles. The van der Waals surface area contributed by atoms with Gasteiger partial charge in [-0.15, -0.1) is 11.8 Å². The number of unbranched alkanes of at least 4 members (excludes halogenated alkanes) is 1. The van der Waals surface area contributed by atoms with Gasteiger partial charge in [-0.3, -0.25) is 9.59 Å². The first kappa shape index (κ1) is 29.0. The van der Waals surface area contributed by atoms with E-state index in [0.29, 0.717) is 29.7 Å². The maximum Gasteiger partial charge on any atom is 0.408 e. The largest absolute Gasteiger partial charge is 0.468 e. The lowest BCUT2D eigenvalue weighted by Crippen LogP contribution is -2.52. The number of Topliss-reactive ketones (excluding diaryl/α,β-unsaturated/α-hetero) is 1. The third-order valence-corrected chi connectivity index (χ3v) is 6.41. The number of rotatable bonds is 15. The van der Waals surface area contributed by atoms with Gasteiger partial charge in [-0.2, -0.15) is 5.26 Å². The first-order valence-electron chi connectivity index (χ1n) is 12.2. The van der Waals surface area contributed by atoms with Crippen molar-refractivity contribution in [3.63, 3.8) is 0 Å². The maximum atomic E-state index is 13.1. The highest BCUT2D eigenvalue weighted by atomic mass is 32.2. The van der Waals surface area contributed by atoms with Crippen molar-refractivity contribution < 1.29 is 23.5 Å². The predicted octanol–water partition coefficient (Wildman–Crippen LogP) is 4.97. The SMILES string of the molecule is CCCC[C@H](NC(=O)[C@H](CC(C)C)NC(=O)OCc1ccccc1C#N)C(=O)CSCc1ccco1. The molecule has 1 aromatic carbocycles. The van der Waals surface area contributed by atoms with E-state index in [1.807, 2.05) is 26.8 Å². The third kappa shape index (κ3) is 10.2. The van der Waals surface area contributed by atoms with Crippen LogP contribution in [0.5, 0.6) is 0 Å². The van der Waals surface area contributed by atoms with Crippen LogP contribution in [0.3, 0.4) is 0 Å². The van der Waals surface area contributed by atoms with Crippen LogP contribution in [0.25, 0.3) is 0 Å². The minimum absolute atomic E-state index is 0.0626. The summed E-state index contributed by atoms with van der Waals surface area (Å²) in [5.74, 6) is 1.26. The molecule has 1 aromatic heterocycles. The van der Waals surface area contributed by atoms with E-state index in [4.69, 9.17) is 9.15 Å². The van der Waals surface area contributed by atoms with Gasteiger partial charge in [0.15, 0.2) is 5.78 Å². The number of hydrogen-bond donors (Lipinski definition) is 2. The van der Waals surface area contributed by atoms with Crippen molar-refractivity contribution in [2.24, 2.45) is 5.92 Å². The molecule has 1 heterocycles. The summed E-state index contributed by atoms with van der Waals surface area (Å²) in [5.41, 5.74) is 1.00. The summed E-state index contributed by atoms with van der Waals surface area (Å²) in [6, 6.07) is 11.1. The second-order valence-corrected chi connectivity index (χ2v) is 9.90. The van der Waals surface area contributed by atoms with Gasteiger partial charge in [0.25, 0.3) is 0 Å². The molecule has 0 aliphatic rings. The Bertz CT molecular complexity index is 1020. The Morgan fingerprint density at radius 3 is 2.56 bits per heavy atom. The standard InChI is InChI=1S/C27H35N3O5S/c1-4-5-12-23(25(31)18-36-17-22-11-8-13-34-22)29-26(32)24(14-19(2)3)30-27(33)35-16-21-10-7-6-9-20(21)15-28/h6-11,13,19,23-24H,4-5,12,14,16-18H2,1-3H3,(H,29,32)(H,30,33)/t23-,24-/m0/s1. The lowest BCUT2D eigenvalue weighted by Gasteiger charge is -2.24. The molecule has 0 fully saturated rings. The van der Waals surface area contributed by atoms with Crippen LogP contribution in [0.2, 0.25) is 0 Å². The molecule has 194 valence electrons. The molecule has 8 nitrogen and oxygen atoms in total. The number of benzene rings is 1. The second kappa shape index (κ2) is 15.7. The number of furan rings is 1. The van der Waals surface area contributed by atoms with Crippen molar-refractivity contribution in [2.45, 2.75) is 70.9 Å². The zero-order valence-electron chi connectivity index (χ0n) is 21.1. The molecule has 0 aliphatic heterocycles. The Morgan fingerprint density at radius 2 is 1.89 bits per heavy atom. The van der Waals surface area contributed by atoms with Crippen molar-refractivity contribution in [1.29, 1.82) is 5.26 Å². The zero-order valence-corrected chi connectivity index (χ0v) is 21.9. The van der Waals surface area contributed by atoms with Gasteiger partial charge < -0.3 is 19.8 Å². The predicted molar refractivity (Wildman–Crippen MR) is 139 cm³/mol. The summed E-state index contributed by atoms with van der Waals surface area (Å²) in [6.45, 7) is 5.83. The van der Waals surface area contributed by atoms with Crippen molar-refractivity contribution in [1.82, 2.24) is 10.6 Å². The highest BCUT2D eigenvalue weighted by Crippen LogP contribution is 2.15. The lowest BCUT2D eigenvalue weighted by atomic mass is 10.0. The summed E-state index contributed by atoms with van der Waals surface area (Å²) in [6.07, 6.45) is 3.45. The highest BCUT2D eigenvalue weighted by Gasteiger charge is 2.27. The number of alkyl carbamates (subject to hydrolysis) is 1. The van der Waals surface area contributed by atoms with Crippen LogP contribution < -0.4 is 10.6 Å². The maximum absolute atomic E-state index is 13.1. The van der Waals surface area contributed by atoms with Crippen LogP contribution in [-0.2, 0) is 26.7 Å². The number of nitriles is 1. The fraction of sp³-hybridized carbons (Fsp3) is 0.481. The first-order valence-corrected chi connectivity index (χ1v) is 13.3. The Labute approximate surface area is 217 Å². The summed E-state index contributed by atoms with van der Waals surface area (Å²) >= 11 is 1.44. The van der Waals surface area contributed by atoms with Gasteiger partial charge in [-0.05, 0) is 37.0 Å². The van der Waals surface area contributed by atoms with Crippen LogP contribution in [0, 0.1) is 17.2 Å². The van der Waals surface area contributed by atoms with E-state index in [1.165, 1.54) is 11.8 Å². The second-order valence-electron chi connectivity index (χ2n) is 8.91. The average Bonchev–Trinajstić information content (AvgIpc) is 3.38. The van der Waals surface area contributed by atoms with Crippen molar-refractivity contribution in [3.8, 4) is 6.07 Å². The summed E-state index contributed by atoms with van der Waals surface area (Å²) in [5, 5.41) is 14.7. The smallest absolute Gasteiger partial charge is 0.408 e. The topological polar surface area (TPSA) is 121 Å². The third-order valence-electron chi connectivity index (χ3n) is 5.43. The summed E-state index contributed by atoms with van der Waals surface area (Å²) in [7, 11) is 0. The number of hydrogen-bond acceptors (Lipinski definition) is 7. The first-order chi connectivity index (χ1) is 17.3. The molecule has 2 rings (SSSR count). The molecule has 2 amide bonds. The van der Waals surface area contributed by atoms with Crippen LogP contribution in [0.1, 0.15) is 63.3 Å². The van der Waals surface area contributed by atoms with Gasteiger partial charge >= 0.3 is 6.09 Å². The van der Waals surface area contributed by atoms with Crippen LogP contribution >= 0.6 is 11.8 Å². The van der Waals surface area contributed by atoms with E-state index in [2.05, 4.69) is 16.7 Å².